The number of alkyl carbamates (subject to hydrolysis) is 2. The van der Waals surface area contributed by atoms with E-state index in [1.54, 1.807) is 107 Å². The normalized spacial score (nSPS) is 12.1. The fraction of sp³-hybridized carbons (Fsp3) is 0.403. The molecule has 2 aliphatic heterocycles. The summed E-state index contributed by atoms with van der Waals surface area (Å²) in [6.45, 7) is 24.9. The summed E-state index contributed by atoms with van der Waals surface area (Å²) in [5.41, 5.74) is 9.18. The molecule has 0 saturated carbocycles. The summed E-state index contributed by atoms with van der Waals surface area (Å²) >= 11 is 0. The van der Waals surface area contributed by atoms with Crippen molar-refractivity contribution in [1.29, 1.82) is 0 Å². The minimum Gasteiger partial charge on any atom is -1.00 e. The maximum atomic E-state index is 12.9. The zero-order valence-corrected chi connectivity index (χ0v) is 69.7. The van der Waals surface area contributed by atoms with Crippen LogP contribution in [0.4, 0.5) is 31.5 Å². The van der Waals surface area contributed by atoms with Gasteiger partial charge in [0.1, 0.15) is 90.0 Å². The number of rotatable bonds is 21. The number of aliphatic hydroxyl groups excluding tert-OH is 1. The Morgan fingerprint density at radius 3 is 1.10 bits per heavy atom. The van der Waals surface area contributed by atoms with Crippen molar-refractivity contribution < 1.29 is 149 Å². The van der Waals surface area contributed by atoms with Crippen molar-refractivity contribution in [1.82, 2.24) is 40.9 Å². The summed E-state index contributed by atoms with van der Waals surface area (Å²) in [6, 6.07) is 19.1. The van der Waals surface area contributed by atoms with Gasteiger partial charge in [0.2, 0.25) is 0 Å². The number of carbonyl (C=O) groups excluding carboxylic acids is 6. The molecule has 656 valence electrons. The number of esters is 3. The second kappa shape index (κ2) is 57.7. The van der Waals surface area contributed by atoms with Gasteiger partial charge in [-0.05, 0) is 172 Å². The molecular formula is C77H105AlB2Cl3F5LiN9O22. The Balaban J connectivity index is -0.000000441. The van der Waals surface area contributed by atoms with E-state index in [0.717, 1.165) is 54.2 Å². The van der Waals surface area contributed by atoms with Crippen LogP contribution in [0.1, 0.15) is 171 Å². The second-order valence-electron chi connectivity index (χ2n) is 28.0. The molecule has 0 spiro atoms. The van der Waals surface area contributed by atoms with Crippen LogP contribution in [0.25, 0.3) is 0 Å². The molecule has 9 rings (SSSR count). The van der Waals surface area contributed by atoms with E-state index >= 15 is 0 Å². The largest absolute Gasteiger partial charge is 1.00 e. The zero-order chi connectivity index (χ0) is 85.9. The average Bonchev–Trinajstić information content (AvgIpc) is 2.15. The van der Waals surface area contributed by atoms with Crippen molar-refractivity contribution in [2.24, 2.45) is 29.4 Å². The van der Waals surface area contributed by atoms with Gasteiger partial charge >= 0.3 is 81.1 Å². The van der Waals surface area contributed by atoms with Crippen molar-refractivity contribution in [2.45, 2.75) is 179 Å². The van der Waals surface area contributed by atoms with Crippen molar-refractivity contribution >= 4 is 134 Å². The van der Waals surface area contributed by atoms with Crippen molar-refractivity contribution in [3.05, 3.63) is 208 Å². The van der Waals surface area contributed by atoms with Crippen LogP contribution in [0.5, 0.6) is 0 Å². The molecule has 31 nitrogen and oxygen atoms in total. The van der Waals surface area contributed by atoms with E-state index in [4.69, 9.17) is 59.2 Å². The molecule has 0 fully saturated rings. The maximum Gasteiger partial charge on any atom is 1.00 e. The SMILES string of the molecule is C.CC(C)[C@H](N)C(=O)OCc1ccc(F)cn1.CC(C)[C@H](NC(=O)OC(C)(C)C)C(=O)O.CC(C)[C@H](NC(=O)OC(C)(C)C)C(=O)OCc1ccc(F)cn1.CC(C)[C@H](NC(=O)c1ccc2c(c1)B(O)OC2)C(=O)OCc1ccc(F)cn1.Cl.Cl.Cl.O=C(O)c1ccc(F)cn1.O=C(O)c1ccc2c(c1)B(O)OC2.OCc1ccc(F)cn1.[AlH3].[H-].[Li+]. The number of hydrogen-bond donors (Lipinski definition) is 10. The van der Waals surface area contributed by atoms with Crippen LogP contribution in [-0.2, 0) is 91.8 Å². The molecule has 4 atom stereocenters. The zero-order valence-electron chi connectivity index (χ0n) is 68.3. The Morgan fingerprint density at radius 2 is 0.800 bits per heavy atom. The van der Waals surface area contributed by atoms with Crippen LogP contribution in [0, 0.1) is 52.8 Å². The first-order valence-electron chi connectivity index (χ1n) is 35.0. The monoisotopic (exact) mass is 1760 g/mol. The third-order valence-electron chi connectivity index (χ3n) is 14.9. The van der Waals surface area contributed by atoms with Crippen molar-refractivity contribution in [2.75, 3.05) is 0 Å². The van der Waals surface area contributed by atoms with Gasteiger partial charge in [-0.25, -0.2) is 60.5 Å². The number of nitrogens with two attached hydrogens (primary N) is 1. The molecule has 7 aromatic rings. The summed E-state index contributed by atoms with van der Waals surface area (Å²) in [6.07, 6.45) is 3.70. The van der Waals surface area contributed by atoms with E-state index in [1.807, 2.05) is 13.8 Å². The number of carbonyl (C=O) groups is 9. The Hall–Kier alpha value is -9.44. The molecule has 0 radical (unpaired) electrons. The molecule has 11 N–H and O–H groups in total. The smallest absolute Gasteiger partial charge is 1.00 e. The first kappa shape index (κ1) is 117. The first-order valence-corrected chi connectivity index (χ1v) is 35.0. The number of nitrogens with one attached hydrogen (secondary N) is 3. The number of aliphatic carboxylic acids is 1. The number of halogens is 8. The molecule has 43 heteroatoms. The molecule has 5 aromatic heterocycles. The topological polar surface area (TPSA) is 466 Å². The summed E-state index contributed by atoms with van der Waals surface area (Å²) in [4.78, 5) is 121. The molecule has 0 bridgehead atoms. The third kappa shape index (κ3) is 44.7. The van der Waals surface area contributed by atoms with Crippen LogP contribution >= 0.6 is 37.2 Å². The molecule has 2 aliphatic rings. The number of benzene rings is 2. The molecule has 120 heavy (non-hydrogen) atoms. The van der Waals surface area contributed by atoms with Gasteiger partial charge < -0.3 is 86.6 Å². The van der Waals surface area contributed by atoms with E-state index in [1.165, 1.54) is 60.7 Å². The predicted molar refractivity (Wildman–Crippen MR) is 440 cm³/mol. The minimum absolute atomic E-state index is 0. The van der Waals surface area contributed by atoms with E-state index in [2.05, 4.69) is 40.9 Å². The van der Waals surface area contributed by atoms with Gasteiger partial charge in [0.15, 0.2) is 17.4 Å². The quantitative estimate of drug-likeness (QED) is 0.0179. The fourth-order valence-corrected chi connectivity index (χ4v) is 8.77. The molecular weight excluding hydrogens is 1660 g/mol. The summed E-state index contributed by atoms with van der Waals surface area (Å²) in [5, 5.41) is 60.8. The van der Waals surface area contributed by atoms with Crippen LogP contribution in [0.2, 0.25) is 0 Å². The molecule has 0 saturated heterocycles. The molecule has 2 aromatic carbocycles. The number of nitrogens with zero attached hydrogens (tertiary/aromatic N) is 5. The van der Waals surface area contributed by atoms with Crippen LogP contribution in [0.15, 0.2) is 128 Å². The van der Waals surface area contributed by atoms with Gasteiger partial charge in [-0.15, -0.1) is 37.2 Å². The standard InChI is InChI=1S/C19H20BFN2O5.C16H23FN2O4.C11H15FN2O2.C10H19NO4.C8H7BO4.C6H4FNO2.C6H6FNO.CH4.Al.3ClH.Li.4H/c1-11(2)17(19(25)27-10-15-6-5-14(21)8-22-15)23-18(24)12-3-4-13-9-28-20(26)16(13)7-12;1-10(2)13(19-15(21)23-16(3,4)5)14(20)22-9-12-7-6-11(17)8-18-12;1-7(2)10(13)11(15)16-6-9-4-3-8(12)5-14-9;1-6(2)7(8(12)13)11-9(14)15-10(3,4)5;10-8(11)5-1-2-6-4-13-9(12)7(6)3-5;7-4-1-2-5(6(9)10)8-3-4;7-5-1-2-6(4-9)8-3-5;;;;;;;;;;/h3-8,11,17,26H,9-10H2,1-2H3,(H,23,24);6-8,10,13H,9H2,1-5H3,(H,19,21);3-5,7,10H,6,13H2,1-2H3;6-7H,1-5H3,(H,11,14)(H,12,13);1-3,12H,4H2,(H,10,11);1-3H,(H,9,10);1-3,9H,4H2;1H4;;3*1H;;;;;/q;;;;;;;;;;;;+1;;;;-1/t17-;13-;10-;7-;;;;;;;;;;;;;/m0000............./s1. The Morgan fingerprint density at radius 1 is 0.475 bits per heavy atom. The number of aliphatic hydroxyl groups is 1. The van der Waals surface area contributed by atoms with E-state index < -0.39 is 127 Å². The molecule has 3 amide bonds. The second-order valence-corrected chi connectivity index (χ2v) is 28.0. The van der Waals surface area contributed by atoms with E-state index in [0.29, 0.717) is 45.9 Å². The van der Waals surface area contributed by atoms with Gasteiger partial charge in [-0.1, -0.05) is 74.9 Å². The number of aromatic nitrogens is 5. The maximum absolute atomic E-state index is 12.9. The number of carboxylic acid groups (broad SMARTS) is 3. The average molecular weight is 1770 g/mol. The number of carboxylic acids is 3. The Bertz CT molecular complexity index is 4310. The third-order valence-corrected chi connectivity index (χ3v) is 14.9. The van der Waals surface area contributed by atoms with E-state index in [9.17, 15) is 75.2 Å². The summed E-state index contributed by atoms with van der Waals surface area (Å²) in [7, 11) is -2.04. The number of pyridine rings is 5. The predicted octanol–water partition coefficient (Wildman–Crippen LogP) is 5.69. The van der Waals surface area contributed by atoms with Crippen LogP contribution in [-0.4, -0.2) is 176 Å². The van der Waals surface area contributed by atoms with Crippen molar-refractivity contribution in [3.63, 3.8) is 0 Å². The number of aromatic carboxylic acids is 2. The number of ether oxygens (including phenoxy) is 5. The van der Waals surface area contributed by atoms with E-state index in [-0.39, 0.29) is 156 Å². The van der Waals surface area contributed by atoms with Crippen LogP contribution in [0.3, 0.4) is 0 Å². The van der Waals surface area contributed by atoms with Gasteiger partial charge in [-0.3, -0.25) is 29.5 Å². The number of hydrogen-bond acceptors (Lipinski definition) is 25. The molecule has 7 heterocycles. The first-order chi connectivity index (χ1) is 53.3. The molecule has 0 unspecified atom stereocenters. The Labute approximate surface area is 735 Å². The minimum atomic E-state index is -1.15. The molecule has 0 aliphatic carbocycles. The number of fused-ring (bicyclic) bond motifs is 2. The van der Waals surface area contributed by atoms with Crippen LogP contribution < -0.4 is 51.5 Å². The van der Waals surface area contributed by atoms with Crippen molar-refractivity contribution in [3.8, 4) is 0 Å². The van der Waals surface area contributed by atoms with Gasteiger partial charge in [0.05, 0.1) is 79.1 Å². The fourth-order valence-electron chi connectivity index (χ4n) is 8.77. The summed E-state index contributed by atoms with van der Waals surface area (Å²) in [5.74, 6) is -8.21. The van der Waals surface area contributed by atoms with Gasteiger partial charge in [0.25, 0.3) is 5.91 Å². The van der Waals surface area contributed by atoms with Gasteiger partial charge in [-0.2, -0.15) is 0 Å². The summed E-state index contributed by atoms with van der Waals surface area (Å²) < 4.78 is 97.8. The number of amides is 3. The Kier molecular flexibility index (Phi) is 56.2. The van der Waals surface area contributed by atoms with Gasteiger partial charge in [0, 0.05) is 5.56 Å².